The van der Waals surface area contributed by atoms with Crippen LogP contribution in [0.1, 0.15) is 31.0 Å². The van der Waals surface area contributed by atoms with Gasteiger partial charge in [-0.1, -0.05) is 53.3 Å². The number of halogens is 2. The number of carbonyl (C=O) groups is 1. The highest BCUT2D eigenvalue weighted by Crippen LogP contribution is 2.32. The smallest absolute Gasteiger partial charge is 0.338 e. The highest BCUT2D eigenvalue weighted by molar-refractivity contribution is 7.07. The fraction of sp³-hybridized carbons (Fsp3) is 0.174. The summed E-state index contributed by atoms with van der Waals surface area (Å²) in [5.74, 6) is -1.14. The van der Waals surface area contributed by atoms with Crippen molar-refractivity contribution in [3.05, 3.63) is 101 Å². The van der Waals surface area contributed by atoms with Gasteiger partial charge in [-0.2, -0.15) is 0 Å². The van der Waals surface area contributed by atoms with Crippen molar-refractivity contribution in [2.24, 2.45) is 4.99 Å². The molecule has 1 aromatic heterocycles. The van der Waals surface area contributed by atoms with E-state index in [9.17, 15) is 14.0 Å². The molecule has 0 N–H and O–H groups in total. The largest absolute Gasteiger partial charge is 0.463 e. The second-order valence-corrected chi connectivity index (χ2v) is 8.32. The molecule has 0 spiro atoms. The van der Waals surface area contributed by atoms with Gasteiger partial charge < -0.3 is 4.74 Å². The van der Waals surface area contributed by atoms with E-state index in [0.29, 0.717) is 20.1 Å². The van der Waals surface area contributed by atoms with Crippen molar-refractivity contribution in [3.8, 4) is 0 Å². The zero-order chi connectivity index (χ0) is 22.1. The molecule has 4 rings (SSSR count). The lowest BCUT2D eigenvalue weighted by molar-refractivity contribution is -0.139. The van der Waals surface area contributed by atoms with Crippen molar-refractivity contribution in [3.63, 3.8) is 0 Å². The third-order valence-corrected chi connectivity index (χ3v) is 6.12. The average molecular weight is 457 g/mol. The molecule has 0 saturated heterocycles. The molecule has 0 radical (unpaired) electrons. The molecule has 3 aromatic rings. The maximum absolute atomic E-state index is 14.8. The third-order valence-electron chi connectivity index (χ3n) is 4.88. The molecule has 158 valence electrons. The van der Waals surface area contributed by atoms with Gasteiger partial charge in [-0.3, -0.25) is 9.36 Å². The normalized spacial score (nSPS) is 16.1. The molecule has 5 nitrogen and oxygen atoms in total. The van der Waals surface area contributed by atoms with Gasteiger partial charge in [0.2, 0.25) is 0 Å². The molecule has 1 atom stereocenters. The number of rotatable bonds is 4. The quantitative estimate of drug-likeness (QED) is 0.564. The number of fused-ring (bicyclic) bond motifs is 1. The predicted octanol–water partition coefficient (Wildman–Crippen LogP) is 3.59. The Morgan fingerprint density at radius 2 is 1.97 bits per heavy atom. The van der Waals surface area contributed by atoms with Crippen molar-refractivity contribution in [1.82, 2.24) is 4.57 Å². The summed E-state index contributed by atoms with van der Waals surface area (Å²) in [5, 5.41) is 0.591. The van der Waals surface area contributed by atoms with Gasteiger partial charge in [0, 0.05) is 10.6 Å². The minimum absolute atomic E-state index is 0.150. The molecule has 0 unspecified atom stereocenters. The first kappa shape index (κ1) is 21.2. The van der Waals surface area contributed by atoms with Gasteiger partial charge in [-0.05, 0) is 43.7 Å². The number of thiazole rings is 1. The fourth-order valence-electron chi connectivity index (χ4n) is 3.49. The van der Waals surface area contributed by atoms with Gasteiger partial charge in [-0.15, -0.1) is 0 Å². The minimum Gasteiger partial charge on any atom is -0.463 e. The van der Waals surface area contributed by atoms with Crippen LogP contribution in [0.25, 0.3) is 6.08 Å². The van der Waals surface area contributed by atoms with Crippen LogP contribution in [0, 0.1) is 5.82 Å². The molecule has 0 aliphatic carbocycles. The zero-order valence-corrected chi connectivity index (χ0v) is 18.3. The van der Waals surface area contributed by atoms with Crippen molar-refractivity contribution in [1.29, 1.82) is 0 Å². The molecule has 2 heterocycles. The molecule has 1 aliphatic rings. The summed E-state index contributed by atoms with van der Waals surface area (Å²) >= 11 is 7.12. The Balaban J connectivity index is 1.97. The summed E-state index contributed by atoms with van der Waals surface area (Å²) in [4.78, 5) is 31.0. The first-order valence-electron chi connectivity index (χ1n) is 9.60. The van der Waals surface area contributed by atoms with E-state index in [1.165, 1.54) is 22.0 Å². The summed E-state index contributed by atoms with van der Waals surface area (Å²) < 4.78 is 21.8. The Hall–Kier alpha value is -3.03. The van der Waals surface area contributed by atoms with E-state index in [-0.39, 0.29) is 23.3 Å². The van der Waals surface area contributed by atoms with E-state index in [0.717, 1.165) is 5.56 Å². The highest BCUT2D eigenvalue weighted by Gasteiger charge is 2.34. The van der Waals surface area contributed by atoms with Crippen LogP contribution in [-0.2, 0) is 9.53 Å². The van der Waals surface area contributed by atoms with Crippen LogP contribution >= 0.6 is 22.9 Å². The first-order chi connectivity index (χ1) is 14.9. The van der Waals surface area contributed by atoms with Gasteiger partial charge >= 0.3 is 5.97 Å². The van der Waals surface area contributed by atoms with Crippen LogP contribution < -0.4 is 14.9 Å². The van der Waals surface area contributed by atoms with E-state index >= 15 is 0 Å². The molecule has 0 amide bonds. The number of nitrogens with zero attached hydrogens (tertiary/aromatic N) is 2. The monoisotopic (exact) mass is 456 g/mol. The number of aromatic nitrogens is 1. The van der Waals surface area contributed by atoms with Crippen molar-refractivity contribution in [2.45, 2.75) is 19.9 Å². The Kier molecular flexibility index (Phi) is 5.89. The van der Waals surface area contributed by atoms with Crippen LogP contribution in [0.2, 0.25) is 5.02 Å². The summed E-state index contributed by atoms with van der Waals surface area (Å²) in [6.07, 6.45) is 1.72. The molecule has 0 bridgehead atoms. The Labute approximate surface area is 186 Å². The Morgan fingerprint density at radius 3 is 2.65 bits per heavy atom. The number of allylic oxidation sites excluding steroid dienone is 1. The maximum Gasteiger partial charge on any atom is 0.338 e. The number of esters is 1. The van der Waals surface area contributed by atoms with Crippen LogP contribution in [0.5, 0.6) is 0 Å². The summed E-state index contributed by atoms with van der Waals surface area (Å²) in [6.45, 7) is 3.50. The Morgan fingerprint density at radius 1 is 1.26 bits per heavy atom. The van der Waals surface area contributed by atoms with Crippen molar-refractivity contribution >= 4 is 35.0 Å². The molecule has 1 aliphatic heterocycles. The zero-order valence-electron chi connectivity index (χ0n) is 16.8. The molecule has 0 fully saturated rings. The van der Waals surface area contributed by atoms with Crippen LogP contribution in [-0.4, -0.2) is 17.1 Å². The molecule has 2 aromatic carbocycles. The standard InChI is InChI=1S/C23H18ClFN2O3S/c1-3-30-22(29)19-13(2)26-23-27(20(19)16-6-4-5-7-17(16)25)21(28)18(31-23)12-14-8-10-15(24)11-9-14/h4-12,20H,3H2,1-2H3/b18-12-/t20-/m0/s1. The van der Waals surface area contributed by atoms with Gasteiger partial charge in [0.15, 0.2) is 4.80 Å². The van der Waals surface area contributed by atoms with Crippen molar-refractivity contribution < 1.29 is 13.9 Å². The lowest BCUT2D eigenvalue weighted by atomic mass is 9.95. The topological polar surface area (TPSA) is 60.7 Å². The molecular formula is C23H18ClFN2O3S. The van der Waals surface area contributed by atoms with Gasteiger partial charge in [0.05, 0.1) is 22.4 Å². The van der Waals surface area contributed by atoms with Gasteiger partial charge in [-0.25, -0.2) is 14.2 Å². The van der Waals surface area contributed by atoms with E-state index < -0.39 is 17.8 Å². The third kappa shape index (κ3) is 3.98. The highest BCUT2D eigenvalue weighted by atomic mass is 35.5. The second kappa shape index (κ2) is 8.61. The molecule has 0 saturated carbocycles. The second-order valence-electron chi connectivity index (χ2n) is 6.88. The fourth-order valence-corrected chi connectivity index (χ4v) is 4.67. The number of benzene rings is 2. The number of hydrogen-bond donors (Lipinski definition) is 0. The Bertz CT molecular complexity index is 1370. The van der Waals surface area contributed by atoms with Gasteiger partial charge in [0.1, 0.15) is 11.9 Å². The SMILES string of the molecule is CCOC(=O)C1=C(C)N=c2s/c(=C\c3ccc(Cl)cc3)c(=O)n2[C@H]1c1ccccc1F. The lowest BCUT2D eigenvalue weighted by Gasteiger charge is -2.24. The number of hydrogen-bond acceptors (Lipinski definition) is 5. The summed E-state index contributed by atoms with van der Waals surface area (Å²) in [6, 6.07) is 12.2. The first-order valence-corrected chi connectivity index (χ1v) is 10.8. The van der Waals surface area contributed by atoms with Crippen LogP contribution in [0.3, 0.4) is 0 Å². The number of carbonyl (C=O) groups excluding carboxylic acids is 1. The van der Waals surface area contributed by atoms with E-state index in [2.05, 4.69) is 4.99 Å². The van der Waals surface area contributed by atoms with Crippen LogP contribution in [0.4, 0.5) is 4.39 Å². The van der Waals surface area contributed by atoms with Gasteiger partial charge in [0.25, 0.3) is 5.56 Å². The maximum atomic E-state index is 14.8. The average Bonchev–Trinajstić information content (AvgIpc) is 3.04. The van der Waals surface area contributed by atoms with Crippen molar-refractivity contribution in [2.75, 3.05) is 6.61 Å². The summed E-state index contributed by atoms with van der Waals surface area (Å²) in [7, 11) is 0. The molecule has 31 heavy (non-hydrogen) atoms. The molecular weight excluding hydrogens is 439 g/mol. The molecule has 8 heteroatoms. The predicted molar refractivity (Wildman–Crippen MR) is 118 cm³/mol. The van der Waals surface area contributed by atoms with E-state index in [4.69, 9.17) is 16.3 Å². The van der Waals surface area contributed by atoms with Crippen LogP contribution in [0.15, 0.2) is 69.6 Å². The lowest BCUT2D eigenvalue weighted by Crippen LogP contribution is -2.40. The summed E-state index contributed by atoms with van der Waals surface area (Å²) in [5.41, 5.74) is 1.18. The minimum atomic E-state index is -0.969. The number of ether oxygens (including phenoxy) is 1. The van der Waals surface area contributed by atoms with E-state index in [1.807, 2.05) is 0 Å². The van der Waals surface area contributed by atoms with E-state index in [1.54, 1.807) is 62.4 Å².